The summed E-state index contributed by atoms with van der Waals surface area (Å²) >= 11 is 5.58. The maximum atomic E-state index is 5.58. The topological polar surface area (TPSA) is 21.3 Å². The van der Waals surface area contributed by atoms with Gasteiger partial charge >= 0.3 is 0 Å². The number of ether oxygens (including phenoxy) is 1. The molecule has 0 radical (unpaired) electrons. The molecule has 1 N–H and O–H groups in total. The smallest absolute Gasteiger partial charge is 0.0713 e. The van der Waals surface area contributed by atoms with Gasteiger partial charge in [-0.05, 0) is 30.2 Å². The highest BCUT2D eigenvalue weighted by atomic mass is 35.5. The number of anilines is 1. The Kier molecular flexibility index (Phi) is 5.22. The number of hydrogen-bond donors (Lipinski definition) is 1. The summed E-state index contributed by atoms with van der Waals surface area (Å²) in [4.78, 5) is 0. The Morgan fingerprint density at radius 2 is 2.33 bits per heavy atom. The summed E-state index contributed by atoms with van der Waals surface area (Å²) in [5.41, 5.74) is 4.94. The van der Waals surface area contributed by atoms with Crippen molar-refractivity contribution in [2.75, 3.05) is 19.0 Å². The molecule has 1 aromatic rings. The van der Waals surface area contributed by atoms with E-state index in [9.17, 15) is 0 Å². The van der Waals surface area contributed by atoms with E-state index in [-0.39, 0.29) is 0 Å². The van der Waals surface area contributed by atoms with E-state index in [1.54, 1.807) is 12.6 Å². The Morgan fingerprint density at radius 1 is 1.53 bits per heavy atom. The van der Waals surface area contributed by atoms with Crippen LogP contribution in [0.3, 0.4) is 0 Å². The minimum atomic E-state index is 0.639. The maximum Gasteiger partial charge on any atom is 0.0713 e. The number of methoxy groups -OCH3 is 1. The maximum absolute atomic E-state index is 5.58. The molecule has 1 aromatic carbocycles. The van der Waals surface area contributed by atoms with E-state index in [0.29, 0.717) is 6.61 Å². The molecule has 0 saturated carbocycles. The molecule has 0 bridgehead atoms. The Bertz CT molecular complexity index is 336. The summed E-state index contributed by atoms with van der Waals surface area (Å²) in [6.45, 7) is 3.39. The van der Waals surface area contributed by atoms with Crippen LogP contribution in [0.4, 0.5) is 5.69 Å². The second kappa shape index (κ2) is 6.49. The van der Waals surface area contributed by atoms with Crippen LogP contribution in [-0.4, -0.2) is 13.7 Å². The van der Waals surface area contributed by atoms with Crippen molar-refractivity contribution in [3.63, 3.8) is 0 Å². The summed E-state index contributed by atoms with van der Waals surface area (Å²) in [5, 5.41) is 3.29. The Hall–Kier alpha value is -0.990. The molecule has 2 nitrogen and oxygen atoms in total. The van der Waals surface area contributed by atoms with Crippen LogP contribution in [0, 0.1) is 0 Å². The monoisotopic (exact) mass is 225 g/mol. The van der Waals surface area contributed by atoms with Crippen molar-refractivity contribution in [1.82, 2.24) is 0 Å². The molecule has 0 spiro atoms. The molecular weight excluding hydrogens is 210 g/mol. The van der Waals surface area contributed by atoms with Crippen LogP contribution < -0.4 is 5.32 Å². The molecule has 0 aromatic heterocycles. The number of halogens is 1. The first kappa shape index (κ1) is 12.1. The van der Waals surface area contributed by atoms with Crippen LogP contribution in [0.15, 0.2) is 35.4 Å². The molecule has 82 valence electrons. The van der Waals surface area contributed by atoms with E-state index in [1.807, 2.05) is 25.1 Å². The molecule has 3 heteroatoms. The lowest BCUT2D eigenvalue weighted by Gasteiger charge is -2.07. The molecule has 0 aliphatic carbocycles. The molecule has 15 heavy (non-hydrogen) atoms. The largest absolute Gasteiger partial charge is 0.381 e. The van der Waals surface area contributed by atoms with Crippen molar-refractivity contribution in [3.8, 4) is 0 Å². The molecule has 0 heterocycles. The van der Waals surface area contributed by atoms with Crippen LogP contribution in [0.2, 0.25) is 0 Å². The fourth-order valence-corrected chi connectivity index (χ4v) is 1.29. The number of hydrogen-bond acceptors (Lipinski definition) is 2. The molecule has 0 atom stereocenters. The van der Waals surface area contributed by atoms with Gasteiger partial charge in [0.1, 0.15) is 0 Å². The molecule has 0 unspecified atom stereocenters. The molecule has 0 aliphatic heterocycles. The average Bonchev–Trinajstić information content (AvgIpc) is 2.27. The minimum Gasteiger partial charge on any atom is -0.381 e. The highest BCUT2D eigenvalue weighted by Gasteiger charge is 1.95. The highest BCUT2D eigenvalue weighted by molar-refractivity contribution is 6.25. The molecule has 0 aliphatic rings. The zero-order valence-electron chi connectivity index (χ0n) is 9.09. The third kappa shape index (κ3) is 4.36. The van der Waals surface area contributed by atoms with Crippen LogP contribution >= 0.6 is 11.6 Å². The van der Waals surface area contributed by atoms with Crippen molar-refractivity contribution in [1.29, 1.82) is 0 Å². The first-order valence-electron chi connectivity index (χ1n) is 4.84. The lowest BCUT2D eigenvalue weighted by atomic mass is 10.2. The summed E-state index contributed by atoms with van der Waals surface area (Å²) in [5.74, 6) is 0. The van der Waals surface area contributed by atoms with Crippen molar-refractivity contribution >= 4 is 17.3 Å². The number of rotatable bonds is 5. The number of benzene rings is 1. The van der Waals surface area contributed by atoms with E-state index in [2.05, 4.69) is 11.4 Å². The van der Waals surface area contributed by atoms with Crippen molar-refractivity contribution in [2.24, 2.45) is 0 Å². The van der Waals surface area contributed by atoms with E-state index >= 15 is 0 Å². The fourth-order valence-electron chi connectivity index (χ4n) is 1.22. The van der Waals surface area contributed by atoms with Gasteiger partial charge in [0.15, 0.2) is 0 Å². The van der Waals surface area contributed by atoms with Crippen LogP contribution in [-0.2, 0) is 11.3 Å². The van der Waals surface area contributed by atoms with Gasteiger partial charge in [-0.1, -0.05) is 23.7 Å². The van der Waals surface area contributed by atoms with Gasteiger partial charge in [0.2, 0.25) is 0 Å². The van der Waals surface area contributed by atoms with E-state index in [1.165, 1.54) is 0 Å². The van der Waals surface area contributed by atoms with Crippen LogP contribution in [0.5, 0.6) is 0 Å². The summed E-state index contributed by atoms with van der Waals surface area (Å²) in [6.07, 6.45) is 0. The lowest BCUT2D eigenvalue weighted by Crippen LogP contribution is -2.02. The van der Waals surface area contributed by atoms with Gasteiger partial charge in [0.25, 0.3) is 0 Å². The van der Waals surface area contributed by atoms with Crippen LogP contribution in [0.25, 0.3) is 0 Å². The minimum absolute atomic E-state index is 0.639. The summed E-state index contributed by atoms with van der Waals surface area (Å²) in [7, 11) is 1.69. The Morgan fingerprint density at radius 3 is 3.00 bits per heavy atom. The summed E-state index contributed by atoms with van der Waals surface area (Å²) in [6, 6.07) is 8.15. The molecule has 0 saturated heterocycles. The second-order valence-electron chi connectivity index (χ2n) is 3.44. The van der Waals surface area contributed by atoms with Gasteiger partial charge in [0, 0.05) is 24.9 Å². The zero-order valence-corrected chi connectivity index (χ0v) is 9.84. The molecule has 0 fully saturated rings. The van der Waals surface area contributed by atoms with Crippen LogP contribution in [0.1, 0.15) is 12.5 Å². The van der Waals surface area contributed by atoms with Gasteiger partial charge in [-0.3, -0.25) is 0 Å². The van der Waals surface area contributed by atoms with Crippen molar-refractivity contribution in [2.45, 2.75) is 13.5 Å². The Balaban J connectivity index is 2.57. The number of nitrogens with one attached hydrogen (secondary N) is 1. The quantitative estimate of drug-likeness (QED) is 0.830. The predicted molar refractivity (Wildman–Crippen MR) is 65.3 cm³/mol. The molecular formula is C12H16ClNO. The molecule has 0 amide bonds. The Labute approximate surface area is 95.9 Å². The molecule has 1 rings (SSSR count). The SMILES string of the molecule is COCc1cccc(NC/C(C)=C/Cl)c1. The predicted octanol–water partition coefficient (Wildman–Crippen LogP) is 3.39. The van der Waals surface area contributed by atoms with E-state index in [4.69, 9.17) is 16.3 Å². The van der Waals surface area contributed by atoms with Gasteiger partial charge < -0.3 is 10.1 Å². The van der Waals surface area contributed by atoms with Crippen molar-refractivity contribution < 1.29 is 4.74 Å². The third-order valence-electron chi connectivity index (χ3n) is 2.00. The normalized spacial score (nSPS) is 11.5. The zero-order chi connectivity index (χ0) is 11.1. The van der Waals surface area contributed by atoms with E-state index in [0.717, 1.165) is 23.4 Å². The van der Waals surface area contributed by atoms with Gasteiger partial charge in [-0.25, -0.2) is 0 Å². The van der Waals surface area contributed by atoms with Crippen molar-refractivity contribution in [3.05, 3.63) is 40.9 Å². The van der Waals surface area contributed by atoms with Gasteiger partial charge in [0.05, 0.1) is 6.61 Å². The lowest BCUT2D eigenvalue weighted by molar-refractivity contribution is 0.185. The first-order valence-corrected chi connectivity index (χ1v) is 5.27. The second-order valence-corrected chi connectivity index (χ2v) is 3.66. The van der Waals surface area contributed by atoms with Gasteiger partial charge in [-0.2, -0.15) is 0 Å². The standard InChI is InChI=1S/C12H16ClNO/c1-10(7-13)8-14-12-5-3-4-11(6-12)9-15-2/h3-7,14H,8-9H2,1-2H3/b10-7+. The highest BCUT2D eigenvalue weighted by Crippen LogP contribution is 2.11. The summed E-state index contributed by atoms with van der Waals surface area (Å²) < 4.78 is 5.07. The average molecular weight is 226 g/mol. The van der Waals surface area contributed by atoms with E-state index < -0.39 is 0 Å². The third-order valence-corrected chi connectivity index (χ3v) is 2.37. The van der Waals surface area contributed by atoms with Gasteiger partial charge in [-0.15, -0.1) is 0 Å². The first-order chi connectivity index (χ1) is 7.26. The fraction of sp³-hybridized carbons (Fsp3) is 0.333.